The van der Waals surface area contributed by atoms with E-state index in [1.807, 2.05) is 0 Å². The van der Waals surface area contributed by atoms with Gasteiger partial charge in [-0.25, -0.2) is 0 Å². The highest BCUT2D eigenvalue weighted by Crippen LogP contribution is 2.56. The lowest BCUT2D eigenvalue weighted by Crippen LogP contribution is -2.23. The average molecular weight is 1050 g/mol. The number of benzene rings is 13. The van der Waals surface area contributed by atoms with Crippen LogP contribution in [0.4, 0.5) is 34.1 Å². The molecule has 2 aliphatic rings. The van der Waals surface area contributed by atoms with Crippen molar-refractivity contribution < 1.29 is 0 Å². The van der Waals surface area contributed by atoms with Crippen molar-refractivity contribution in [3.8, 4) is 44.5 Å². The van der Waals surface area contributed by atoms with Gasteiger partial charge in [0.2, 0.25) is 0 Å². The molecule has 0 amide bonds. The van der Waals surface area contributed by atoms with Gasteiger partial charge in [-0.2, -0.15) is 0 Å². The van der Waals surface area contributed by atoms with Crippen molar-refractivity contribution >= 4 is 77.2 Å². The average Bonchev–Trinajstić information content (AvgIpc) is 2.21. The molecule has 0 aromatic heterocycles. The molecule has 15 rings (SSSR count). The fourth-order valence-electron chi connectivity index (χ4n) is 14.4. The third-order valence-electron chi connectivity index (χ3n) is 18.4. The van der Waals surface area contributed by atoms with Crippen molar-refractivity contribution in [3.63, 3.8) is 0 Å². The fraction of sp³-hybridized carbons (Fsp3) is 0.125. The predicted molar refractivity (Wildman–Crippen MR) is 351 cm³/mol. The molecular weight excluding hydrogens is 989 g/mol. The first kappa shape index (κ1) is 49.5. The summed E-state index contributed by atoms with van der Waals surface area (Å²) in [6, 6.07) is 98.4. The van der Waals surface area contributed by atoms with E-state index < -0.39 is 0 Å². The van der Waals surface area contributed by atoms with Crippen LogP contribution in [0.3, 0.4) is 0 Å². The van der Waals surface area contributed by atoms with Gasteiger partial charge in [0, 0.05) is 45.0 Å². The molecule has 0 atom stereocenters. The largest absolute Gasteiger partial charge is 0.310 e. The van der Waals surface area contributed by atoms with Gasteiger partial charge in [0.1, 0.15) is 0 Å². The van der Waals surface area contributed by atoms with Crippen molar-refractivity contribution in [2.24, 2.45) is 0 Å². The topological polar surface area (TPSA) is 6.48 Å². The fourth-order valence-corrected chi connectivity index (χ4v) is 14.4. The lowest BCUT2D eigenvalue weighted by molar-refractivity contribution is 0.590. The van der Waals surface area contributed by atoms with Gasteiger partial charge in [0.25, 0.3) is 0 Å². The Hall–Kier alpha value is -9.50. The van der Waals surface area contributed by atoms with Crippen molar-refractivity contribution in [1.82, 2.24) is 0 Å². The first-order valence-corrected chi connectivity index (χ1v) is 29.1. The Labute approximate surface area is 482 Å². The summed E-state index contributed by atoms with van der Waals surface area (Å²) < 4.78 is 0. The van der Waals surface area contributed by atoms with E-state index in [9.17, 15) is 0 Å². The Bertz CT molecular complexity index is 4660. The van der Waals surface area contributed by atoms with Crippen LogP contribution in [0.25, 0.3) is 87.6 Å². The van der Waals surface area contributed by atoms with E-state index in [-0.39, 0.29) is 16.2 Å². The highest BCUT2D eigenvalue weighted by molar-refractivity contribution is 6.28. The molecule has 0 fully saturated rings. The Morgan fingerprint density at radius 3 is 1.00 bits per heavy atom. The van der Waals surface area contributed by atoms with E-state index >= 15 is 0 Å². The zero-order valence-corrected chi connectivity index (χ0v) is 47.7. The molecule has 13 aromatic carbocycles. The van der Waals surface area contributed by atoms with Crippen LogP contribution in [0.1, 0.15) is 76.3 Å². The Morgan fingerprint density at radius 2 is 0.598 bits per heavy atom. The van der Waals surface area contributed by atoms with Gasteiger partial charge in [-0.15, -0.1) is 0 Å². The molecular formula is C80H64N2. The second-order valence-electron chi connectivity index (χ2n) is 24.8. The summed E-state index contributed by atoms with van der Waals surface area (Å²) in [5.74, 6) is 0. The number of anilines is 6. The maximum atomic E-state index is 2.51. The van der Waals surface area contributed by atoms with Gasteiger partial charge < -0.3 is 9.80 Å². The summed E-state index contributed by atoms with van der Waals surface area (Å²) in [5, 5.41) is 9.99. The van der Waals surface area contributed by atoms with Gasteiger partial charge >= 0.3 is 0 Å². The lowest BCUT2D eigenvalue weighted by Gasteiger charge is -2.36. The monoisotopic (exact) mass is 1050 g/mol. The Kier molecular flexibility index (Phi) is 11.2. The SMILES string of the molecule is CC(C)(C)c1ccc(N(c2ccccc2)c2ccc3c(-c4ccc5c6c(cccc46)C(C)(C)c4ccccc4-5)c4cc(N(c5ccccc5)c5ccccc5)ccc4c(-c4ccc5c6c(cccc46)C(C)(C)c4ccccc4-5)c3c2)cc1. The van der Waals surface area contributed by atoms with Crippen LogP contribution in [-0.2, 0) is 16.2 Å². The van der Waals surface area contributed by atoms with E-state index in [0.717, 1.165) is 34.1 Å². The summed E-state index contributed by atoms with van der Waals surface area (Å²) in [5.41, 5.74) is 23.1. The first-order chi connectivity index (χ1) is 39.9. The molecule has 0 heterocycles. The smallest absolute Gasteiger partial charge is 0.0468 e. The molecule has 2 aliphatic carbocycles. The minimum Gasteiger partial charge on any atom is -0.310 e. The Morgan fingerprint density at radius 1 is 0.256 bits per heavy atom. The van der Waals surface area contributed by atoms with Crippen molar-refractivity contribution in [1.29, 1.82) is 0 Å². The molecule has 82 heavy (non-hydrogen) atoms. The second-order valence-corrected chi connectivity index (χ2v) is 24.8. The van der Waals surface area contributed by atoms with Gasteiger partial charge in [-0.3, -0.25) is 0 Å². The maximum Gasteiger partial charge on any atom is 0.0468 e. The molecule has 0 saturated heterocycles. The minimum absolute atomic E-state index is 0.0152. The van der Waals surface area contributed by atoms with Gasteiger partial charge in [-0.1, -0.05) is 237 Å². The zero-order valence-electron chi connectivity index (χ0n) is 47.7. The van der Waals surface area contributed by atoms with Crippen molar-refractivity contribution in [3.05, 3.63) is 289 Å². The third kappa shape index (κ3) is 7.54. The number of fused-ring (bicyclic) bond motifs is 6. The van der Waals surface area contributed by atoms with Crippen LogP contribution in [0.15, 0.2) is 261 Å². The van der Waals surface area contributed by atoms with E-state index in [1.54, 1.807) is 0 Å². The van der Waals surface area contributed by atoms with E-state index in [1.165, 1.54) is 115 Å². The number of hydrogen-bond acceptors (Lipinski definition) is 2. The highest BCUT2D eigenvalue weighted by Gasteiger charge is 2.36. The molecule has 0 radical (unpaired) electrons. The number of nitrogens with zero attached hydrogens (tertiary/aromatic N) is 2. The molecule has 0 unspecified atom stereocenters. The van der Waals surface area contributed by atoms with Crippen LogP contribution in [-0.4, -0.2) is 0 Å². The van der Waals surface area contributed by atoms with Gasteiger partial charge in [0.05, 0.1) is 0 Å². The molecule has 0 N–H and O–H groups in total. The lowest BCUT2D eigenvalue weighted by atomic mass is 9.67. The minimum atomic E-state index is -0.210. The number of para-hydroxylation sites is 3. The summed E-state index contributed by atoms with van der Waals surface area (Å²) in [4.78, 5) is 4.86. The van der Waals surface area contributed by atoms with Crippen LogP contribution in [0.2, 0.25) is 0 Å². The third-order valence-corrected chi connectivity index (χ3v) is 18.4. The zero-order chi connectivity index (χ0) is 55.6. The standard InChI is InChI=1S/C80H64N2/c1-78(2,3)51-37-39-55(40-38-51)82(54-27-15-10-16-28-54)57-42-44-67-69(50-57)75(65-48-46-63-59-30-18-20-34-71(59)80(6,7)73-36-22-32-61(65)77(63)73)66-43-41-56(81(52-23-11-8-12-24-52)53-25-13-9-14-26-53)49-68(66)74(67)64-47-45-62-58-29-17-19-33-70(58)79(4,5)72-35-21-31-60(64)76(62)72/h8-50H,1-7H3. The number of rotatable bonds is 8. The van der Waals surface area contributed by atoms with E-state index in [4.69, 9.17) is 0 Å². The van der Waals surface area contributed by atoms with Crippen LogP contribution < -0.4 is 9.80 Å². The summed E-state index contributed by atoms with van der Waals surface area (Å²) in [6.07, 6.45) is 0. The number of hydrogen-bond donors (Lipinski definition) is 0. The molecule has 0 spiro atoms. The molecule has 0 saturated carbocycles. The molecule has 2 heteroatoms. The van der Waals surface area contributed by atoms with Crippen molar-refractivity contribution in [2.75, 3.05) is 9.80 Å². The predicted octanol–water partition coefficient (Wildman–Crippen LogP) is 22.5. The Balaban J connectivity index is 1.11. The van der Waals surface area contributed by atoms with Crippen LogP contribution in [0.5, 0.6) is 0 Å². The van der Waals surface area contributed by atoms with Crippen molar-refractivity contribution in [2.45, 2.75) is 64.7 Å². The molecule has 0 bridgehead atoms. The summed E-state index contributed by atoms with van der Waals surface area (Å²) in [6.45, 7) is 16.5. The van der Waals surface area contributed by atoms with E-state index in [2.05, 4.69) is 319 Å². The normalized spacial score (nSPS) is 13.7. The van der Waals surface area contributed by atoms with E-state index in [0.29, 0.717) is 0 Å². The second kappa shape index (κ2) is 18.5. The maximum absolute atomic E-state index is 2.51. The first-order valence-electron chi connectivity index (χ1n) is 29.1. The summed E-state index contributed by atoms with van der Waals surface area (Å²) in [7, 11) is 0. The highest BCUT2D eigenvalue weighted by atomic mass is 15.1. The quantitative estimate of drug-likeness (QED) is 0.140. The summed E-state index contributed by atoms with van der Waals surface area (Å²) >= 11 is 0. The molecule has 2 nitrogen and oxygen atoms in total. The van der Waals surface area contributed by atoms with Gasteiger partial charge in [0.15, 0.2) is 0 Å². The van der Waals surface area contributed by atoms with Crippen LogP contribution in [0, 0.1) is 0 Å². The van der Waals surface area contributed by atoms with Crippen LogP contribution >= 0.6 is 0 Å². The van der Waals surface area contributed by atoms with Gasteiger partial charge in [-0.05, 0) is 194 Å². The molecule has 0 aliphatic heterocycles. The molecule has 394 valence electrons. The molecule has 13 aromatic rings.